The summed E-state index contributed by atoms with van der Waals surface area (Å²) in [5.74, 6) is 2.70. The highest BCUT2D eigenvalue weighted by Crippen LogP contribution is 2.39. The highest BCUT2D eigenvalue weighted by Gasteiger charge is 2.31. The average molecular weight is 279 g/mol. The van der Waals surface area contributed by atoms with Gasteiger partial charge in [0.05, 0.1) is 12.4 Å². The van der Waals surface area contributed by atoms with E-state index in [9.17, 15) is 4.79 Å². The Morgan fingerprint density at radius 3 is 3.22 bits per heavy atom. The van der Waals surface area contributed by atoms with Crippen LogP contribution in [0.15, 0.2) is 39.4 Å². The van der Waals surface area contributed by atoms with E-state index in [0.717, 1.165) is 28.5 Å². The highest BCUT2D eigenvalue weighted by molar-refractivity contribution is 8.03. The van der Waals surface area contributed by atoms with Gasteiger partial charge in [0.2, 0.25) is 5.90 Å². The van der Waals surface area contributed by atoms with Gasteiger partial charge in [-0.1, -0.05) is 12.2 Å². The summed E-state index contributed by atoms with van der Waals surface area (Å²) in [5, 5.41) is 0.925. The van der Waals surface area contributed by atoms with Gasteiger partial charge in [0.15, 0.2) is 5.78 Å². The lowest BCUT2D eigenvalue weighted by atomic mass is 10.0. The molecule has 3 aliphatic rings. The summed E-state index contributed by atoms with van der Waals surface area (Å²) >= 11 is 3.46. The van der Waals surface area contributed by atoms with E-state index in [4.69, 9.17) is 4.74 Å². The molecular formula is C13H13NO2S2. The number of carbonyl (C=O) groups excluding carboxylic acids is 1. The molecule has 0 aromatic heterocycles. The molecule has 0 amide bonds. The van der Waals surface area contributed by atoms with Crippen molar-refractivity contribution in [1.82, 2.24) is 0 Å². The number of thioether (sulfide) groups is 2. The Morgan fingerprint density at radius 1 is 1.50 bits per heavy atom. The van der Waals surface area contributed by atoms with Crippen molar-refractivity contribution in [2.75, 3.05) is 18.6 Å². The molecule has 5 heteroatoms. The van der Waals surface area contributed by atoms with E-state index in [2.05, 4.69) is 4.99 Å². The summed E-state index contributed by atoms with van der Waals surface area (Å²) in [6.45, 7) is 0. The number of carbonyl (C=O) groups is 1. The zero-order chi connectivity index (χ0) is 12.5. The first-order valence-electron chi connectivity index (χ1n) is 5.81. The molecule has 1 unspecified atom stereocenters. The Bertz CT molecular complexity index is 517. The maximum atomic E-state index is 12.0. The largest absolute Gasteiger partial charge is 0.481 e. The maximum Gasteiger partial charge on any atom is 0.218 e. The molecule has 0 saturated carbocycles. The molecule has 1 atom stereocenters. The lowest BCUT2D eigenvalue weighted by molar-refractivity contribution is -0.113. The number of fused-ring (bicyclic) bond motifs is 1. The molecule has 2 aliphatic heterocycles. The molecule has 18 heavy (non-hydrogen) atoms. The van der Waals surface area contributed by atoms with Crippen LogP contribution in [0.2, 0.25) is 0 Å². The molecule has 0 fully saturated rings. The van der Waals surface area contributed by atoms with E-state index in [0.29, 0.717) is 5.90 Å². The van der Waals surface area contributed by atoms with Gasteiger partial charge in [0, 0.05) is 17.1 Å². The summed E-state index contributed by atoms with van der Waals surface area (Å²) < 4.78 is 5.39. The minimum absolute atomic E-state index is 0.136. The van der Waals surface area contributed by atoms with Crippen LogP contribution in [0.3, 0.4) is 0 Å². The summed E-state index contributed by atoms with van der Waals surface area (Å²) in [4.78, 5) is 16.6. The molecule has 0 radical (unpaired) electrons. The molecule has 0 N–H and O–H groups in total. The minimum atomic E-state index is -0.159. The Morgan fingerprint density at radius 2 is 2.39 bits per heavy atom. The number of hydrogen-bond acceptors (Lipinski definition) is 5. The number of methoxy groups -OCH3 is 1. The van der Waals surface area contributed by atoms with E-state index in [1.54, 1.807) is 42.8 Å². The predicted molar refractivity (Wildman–Crippen MR) is 77.0 cm³/mol. The average Bonchev–Trinajstić information content (AvgIpc) is 2.78. The lowest BCUT2D eigenvalue weighted by Gasteiger charge is -2.22. The number of hydrogen-bond donors (Lipinski definition) is 0. The van der Waals surface area contributed by atoms with Crippen LogP contribution in [0.4, 0.5) is 0 Å². The SMILES string of the molecule is CO/C1=N/C2=C(CCS2)CSC2C(=O)C=CC=C12. The van der Waals surface area contributed by atoms with Gasteiger partial charge < -0.3 is 4.74 Å². The first-order valence-corrected chi connectivity index (χ1v) is 7.84. The Hall–Kier alpha value is -0.940. The highest BCUT2D eigenvalue weighted by atomic mass is 32.2. The van der Waals surface area contributed by atoms with Gasteiger partial charge in [-0.2, -0.15) is 0 Å². The van der Waals surface area contributed by atoms with Gasteiger partial charge in [0.25, 0.3) is 0 Å². The monoisotopic (exact) mass is 279 g/mol. The Kier molecular flexibility index (Phi) is 3.35. The normalized spacial score (nSPS) is 29.8. The van der Waals surface area contributed by atoms with Crippen molar-refractivity contribution in [3.05, 3.63) is 34.4 Å². The van der Waals surface area contributed by atoms with Crippen LogP contribution in [0.25, 0.3) is 0 Å². The fraction of sp³-hybridized carbons (Fsp3) is 0.385. The van der Waals surface area contributed by atoms with E-state index < -0.39 is 0 Å². The van der Waals surface area contributed by atoms with Crippen LogP contribution < -0.4 is 0 Å². The van der Waals surface area contributed by atoms with Gasteiger partial charge in [-0.05, 0) is 18.1 Å². The van der Waals surface area contributed by atoms with Gasteiger partial charge in [-0.3, -0.25) is 4.79 Å². The van der Waals surface area contributed by atoms with E-state index in [-0.39, 0.29) is 11.0 Å². The van der Waals surface area contributed by atoms with Crippen molar-refractivity contribution in [2.24, 2.45) is 4.99 Å². The third-order valence-electron chi connectivity index (χ3n) is 3.09. The molecule has 0 saturated heterocycles. The summed E-state index contributed by atoms with van der Waals surface area (Å²) in [7, 11) is 1.62. The zero-order valence-corrected chi connectivity index (χ0v) is 11.6. The van der Waals surface area contributed by atoms with Gasteiger partial charge in [-0.25, -0.2) is 4.99 Å². The van der Waals surface area contributed by atoms with Crippen LogP contribution in [0, 0.1) is 0 Å². The first kappa shape index (κ1) is 12.1. The first-order chi connectivity index (χ1) is 8.79. The molecular weight excluding hydrogens is 266 g/mol. The van der Waals surface area contributed by atoms with Crippen LogP contribution in [-0.2, 0) is 9.53 Å². The summed E-state index contributed by atoms with van der Waals surface area (Å²) in [6, 6.07) is 0. The molecule has 2 heterocycles. The third-order valence-corrected chi connectivity index (χ3v) is 5.49. The molecule has 0 spiro atoms. The topological polar surface area (TPSA) is 38.7 Å². The zero-order valence-electron chi connectivity index (χ0n) is 10.0. The van der Waals surface area contributed by atoms with E-state index >= 15 is 0 Å². The van der Waals surface area contributed by atoms with Crippen molar-refractivity contribution in [1.29, 1.82) is 0 Å². The van der Waals surface area contributed by atoms with Crippen LogP contribution in [-0.4, -0.2) is 35.5 Å². The number of ether oxygens (including phenoxy) is 1. The smallest absolute Gasteiger partial charge is 0.218 e. The number of nitrogens with zero attached hydrogens (tertiary/aromatic N) is 1. The second kappa shape index (κ2) is 4.97. The molecule has 0 aromatic carbocycles. The van der Waals surface area contributed by atoms with Crippen molar-refractivity contribution in [2.45, 2.75) is 11.7 Å². The van der Waals surface area contributed by atoms with Crippen LogP contribution in [0.1, 0.15) is 6.42 Å². The minimum Gasteiger partial charge on any atom is -0.481 e. The number of aliphatic imine (C=N–C) groups is 1. The molecule has 3 rings (SSSR count). The van der Waals surface area contributed by atoms with Crippen molar-refractivity contribution < 1.29 is 9.53 Å². The summed E-state index contributed by atoms with van der Waals surface area (Å²) in [6.07, 6.45) is 6.42. The fourth-order valence-corrected chi connectivity index (χ4v) is 4.57. The fourth-order valence-electron chi connectivity index (χ4n) is 2.16. The second-order valence-electron chi connectivity index (χ2n) is 4.20. The molecule has 0 bridgehead atoms. The Balaban J connectivity index is 2.05. The molecule has 94 valence electrons. The quantitative estimate of drug-likeness (QED) is 0.683. The Labute approximate surface area is 114 Å². The van der Waals surface area contributed by atoms with Gasteiger partial charge in [0.1, 0.15) is 5.03 Å². The predicted octanol–water partition coefficient (Wildman–Crippen LogP) is 2.56. The standard InChI is InChI=1S/C13H13NO2S2/c1-16-12-9-3-2-4-10(15)11(9)18-7-8-5-6-17-13(8)14-12/h2-4,11H,5-7H2,1H3/b14-12+. The van der Waals surface area contributed by atoms with Crippen molar-refractivity contribution in [3.8, 4) is 0 Å². The molecule has 1 aliphatic carbocycles. The van der Waals surface area contributed by atoms with Gasteiger partial charge in [-0.15, -0.1) is 23.5 Å². The van der Waals surface area contributed by atoms with E-state index in [1.807, 2.05) is 6.08 Å². The third kappa shape index (κ3) is 2.06. The van der Waals surface area contributed by atoms with Crippen LogP contribution in [0.5, 0.6) is 0 Å². The number of ketones is 1. The second-order valence-corrected chi connectivity index (χ2v) is 6.38. The van der Waals surface area contributed by atoms with Crippen molar-refractivity contribution in [3.63, 3.8) is 0 Å². The van der Waals surface area contributed by atoms with Crippen LogP contribution >= 0.6 is 23.5 Å². The van der Waals surface area contributed by atoms with E-state index in [1.165, 1.54) is 5.57 Å². The number of rotatable bonds is 0. The maximum absolute atomic E-state index is 12.0. The molecule has 3 nitrogen and oxygen atoms in total. The lowest BCUT2D eigenvalue weighted by Crippen LogP contribution is -2.27. The molecule has 0 aromatic rings. The van der Waals surface area contributed by atoms with Gasteiger partial charge >= 0.3 is 0 Å². The number of allylic oxidation sites excluding steroid dienone is 3. The summed E-state index contributed by atoms with van der Waals surface area (Å²) in [5.41, 5.74) is 2.25. The van der Waals surface area contributed by atoms with Crippen molar-refractivity contribution >= 4 is 35.2 Å².